The molecule has 9 heteroatoms. The van der Waals surface area contributed by atoms with Crippen molar-refractivity contribution < 1.29 is 23.5 Å². The van der Waals surface area contributed by atoms with Crippen molar-refractivity contribution in [3.63, 3.8) is 0 Å². The largest absolute Gasteiger partial charge is 0.497 e. The van der Waals surface area contributed by atoms with Crippen LogP contribution in [0.4, 0.5) is 5.69 Å². The van der Waals surface area contributed by atoms with Crippen molar-refractivity contribution in [2.45, 2.75) is 12.8 Å². The first-order chi connectivity index (χ1) is 15.1. The normalized spacial score (nSPS) is 10.3. The minimum atomic E-state index is -0.392. The summed E-state index contributed by atoms with van der Waals surface area (Å²) < 4.78 is 16.0. The van der Waals surface area contributed by atoms with Gasteiger partial charge in [0.1, 0.15) is 11.5 Å². The Kier molecular flexibility index (Phi) is 7.47. The third kappa shape index (κ3) is 6.23. The van der Waals surface area contributed by atoms with Gasteiger partial charge in [0.25, 0.3) is 5.91 Å². The average Bonchev–Trinajstić information content (AvgIpc) is 3.29. The molecule has 0 aliphatic rings. The number of oxazole rings is 1. The number of para-hydroxylation sites is 2. The SMILES string of the molecule is COc1ccc(-c2cnc(CCC(=O)NNC(=O)CNc3ccccc3OC)o2)cc1. The number of hydrogen-bond acceptors (Lipinski definition) is 7. The third-order valence-corrected chi connectivity index (χ3v) is 4.38. The van der Waals surface area contributed by atoms with Crippen molar-refractivity contribution in [2.24, 2.45) is 0 Å². The van der Waals surface area contributed by atoms with Crippen molar-refractivity contribution in [2.75, 3.05) is 26.1 Å². The lowest BCUT2D eigenvalue weighted by Crippen LogP contribution is -2.44. The number of methoxy groups -OCH3 is 2. The van der Waals surface area contributed by atoms with Gasteiger partial charge in [-0.3, -0.25) is 20.4 Å². The molecule has 3 aromatic rings. The van der Waals surface area contributed by atoms with Crippen molar-refractivity contribution in [3.8, 4) is 22.8 Å². The maximum absolute atomic E-state index is 12.0. The summed E-state index contributed by atoms with van der Waals surface area (Å²) in [6, 6.07) is 14.6. The molecule has 1 aromatic heterocycles. The van der Waals surface area contributed by atoms with Crippen LogP contribution < -0.4 is 25.6 Å². The predicted molar refractivity (Wildman–Crippen MR) is 115 cm³/mol. The molecule has 0 radical (unpaired) electrons. The molecule has 2 amide bonds. The van der Waals surface area contributed by atoms with E-state index >= 15 is 0 Å². The van der Waals surface area contributed by atoms with E-state index < -0.39 is 5.91 Å². The highest BCUT2D eigenvalue weighted by atomic mass is 16.5. The summed E-state index contributed by atoms with van der Waals surface area (Å²) in [5.41, 5.74) is 6.28. The first-order valence-electron chi connectivity index (χ1n) is 9.62. The predicted octanol–water partition coefficient (Wildman–Crippen LogP) is 2.55. The van der Waals surface area contributed by atoms with Crippen LogP contribution in [-0.4, -0.2) is 37.6 Å². The molecule has 2 aromatic carbocycles. The number of nitrogens with one attached hydrogen (secondary N) is 3. The molecular formula is C22H24N4O5. The quantitative estimate of drug-likeness (QED) is 0.452. The van der Waals surface area contributed by atoms with Gasteiger partial charge in [-0.15, -0.1) is 0 Å². The van der Waals surface area contributed by atoms with E-state index in [9.17, 15) is 9.59 Å². The van der Waals surface area contributed by atoms with Crippen LogP contribution in [0, 0.1) is 0 Å². The van der Waals surface area contributed by atoms with E-state index in [0.717, 1.165) is 11.3 Å². The molecule has 3 rings (SSSR count). The molecule has 9 nitrogen and oxygen atoms in total. The van der Waals surface area contributed by atoms with Gasteiger partial charge in [0.05, 0.1) is 32.6 Å². The molecule has 0 saturated heterocycles. The lowest BCUT2D eigenvalue weighted by Gasteiger charge is -2.11. The van der Waals surface area contributed by atoms with Gasteiger partial charge >= 0.3 is 0 Å². The summed E-state index contributed by atoms with van der Waals surface area (Å²) in [4.78, 5) is 28.1. The first-order valence-corrected chi connectivity index (χ1v) is 9.62. The molecule has 0 atom stereocenters. The zero-order valence-electron chi connectivity index (χ0n) is 17.3. The Labute approximate surface area is 179 Å². The maximum Gasteiger partial charge on any atom is 0.257 e. The smallest absolute Gasteiger partial charge is 0.257 e. The molecule has 0 aliphatic carbocycles. The van der Waals surface area contributed by atoms with Crippen LogP contribution in [0.1, 0.15) is 12.3 Å². The van der Waals surface area contributed by atoms with Crippen LogP contribution >= 0.6 is 0 Å². The standard InChI is InChI=1S/C22H24N4O5/c1-29-16-9-7-15(8-10-16)19-13-24-22(31-19)12-11-20(27)25-26-21(28)14-23-17-5-3-4-6-18(17)30-2/h3-10,13,23H,11-12,14H2,1-2H3,(H,25,27)(H,26,28). The fraction of sp³-hybridized carbons (Fsp3) is 0.227. The lowest BCUT2D eigenvalue weighted by molar-refractivity contribution is -0.128. The van der Waals surface area contributed by atoms with Gasteiger partial charge in [-0.05, 0) is 36.4 Å². The Balaban J connectivity index is 1.40. The highest BCUT2D eigenvalue weighted by Gasteiger charge is 2.10. The van der Waals surface area contributed by atoms with Crippen LogP contribution in [0.5, 0.6) is 11.5 Å². The van der Waals surface area contributed by atoms with E-state index in [-0.39, 0.29) is 18.9 Å². The van der Waals surface area contributed by atoms with E-state index in [1.54, 1.807) is 32.5 Å². The Hall–Kier alpha value is -4.01. The summed E-state index contributed by atoms with van der Waals surface area (Å²) in [6.07, 6.45) is 2.03. The second-order valence-electron chi connectivity index (χ2n) is 6.50. The van der Waals surface area contributed by atoms with Crippen LogP contribution in [0.3, 0.4) is 0 Å². The van der Waals surface area contributed by atoms with Gasteiger partial charge in [-0.2, -0.15) is 0 Å². The molecule has 0 bridgehead atoms. The molecule has 3 N–H and O–H groups in total. The highest BCUT2D eigenvalue weighted by molar-refractivity contribution is 5.84. The van der Waals surface area contributed by atoms with E-state index in [4.69, 9.17) is 13.9 Å². The number of ether oxygens (including phenoxy) is 2. The van der Waals surface area contributed by atoms with Gasteiger partial charge in [0.15, 0.2) is 11.7 Å². The summed E-state index contributed by atoms with van der Waals surface area (Å²) in [7, 11) is 3.15. The van der Waals surface area contributed by atoms with E-state index in [1.807, 2.05) is 36.4 Å². The number of hydrazine groups is 1. The zero-order valence-corrected chi connectivity index (χ0v) is 17.3. The second-order valence-corrected chi connectivity index (χ2v) is 6.50. The molecule has 162 valence electrons. The number of benzene rings is 2. The van der Waals surface area contributed by atoms with Gasteiger partial charge < -0.3 is 19.2 Å². The van der Waals surface area contributed by atoms with Gasteiger partial charge in [0.2, 0.25) is 5.91 Å². The van der Waals surface area contributed by atoms with Crippen molar-refractivity contribution in [3.05, 3.63) is 60.6 Å². The summed E-state index contributed by atoms with van der Waals surface area (Å²) in [5, 5.41) is 2.95. The molecular weight excluding hydrogens is 400 g/mol. The Morgan fingerprint density at radius 3 is 2.45 bits per heavy atom. The van der Waals surface area contributed by atoms with Crippen LogP contribution in [0.15, 0.2) is 59.1 Å². The molecule has 0 unspecified atom stereocenters. The molecule has 0 spiro atoms. The summed E-state index contributed by atoms with van der Waals surface area (Å²) >= 11 is 0. The van der Waals surface area contributed by atoms with Gasteiger partial charge in [0, 0.05) is 18.4 Å². The number of amides is 2. The van der Waals surface area contributed by atoms with Crippen molar-refractivity contribution in [1.29, 1.82) is 0 Å². The topological polar surface area (TPSA) is 115 Å². The number of carbonyl (C=O) groups is 2. The second kappa shape index (κ2) is 10.7. The number of nitrogens with zero attached hydrogens (tertiary/aromatic N) is 1. The fourth-order valence-electron chi connectivity index (χ4n) is 2.75. The number of anilines is 1. The van der Waals surface area contributed by atoms with Crippen molar-refractivity contribution >= 4 is 17.5 Å². The monoisotopic (exact) mass is 424 g/mol. The molecule has 0 fully saturated rings. The van der Waals surface area contributed by atoms with E-state index in [1.165, 1.54) is 0 Å². The molecule has 31 heavy (non-hydrogen) atoms. The fourth-order valence-corrected chi connectivity index (χ4v) is 2.75. The first kappa shape index (κ1) is 21.7. The summed E-state index contributed by atoms with van der Waals surface area (Å²) in [5.74, 6) is 1.67. The Bertz CT molecular complexity index is 1020. The zero-order chi connectivity index (χ0) is 22.1. The molecule has 0 saturated carbocycles. The molecule has 1 heterocycles. The van der Waals surface area contributed by atoms with Crippen LogP contribution in [0.2, 0.25) is 0 Å². The summed E-state index contributed by atoms with van der Waals surface area (Å²) in [6.45, 7) is -0.0222. The van der Waals surface area contributed by atoms with E-state index in [0.29, 0.717) is 29.5 Å². The number of rotatable bonds is 9. The minimum absolute atomic E-state index is 0.0222. The third-order valence-electron chi connectivity index (χ3n) is 4.38. The Morgan fingerprint density at radius 2 is 1.71 bits per heavy atom. The molecule has 0 aliphatic heterocycles. The van der Waals surface area contributed by atoms with Gasteiger partial charge in [-0.1, -0.05) is 12.1 Å². The van der Waals surface area contributed by atoms with Gasteiger partial charge in [-0.25, -0.2) is 4.98 Å². The van der Waals surface area contributed by atoms with E-state index in [2.05, 4.69) is 21.2 Å². The number of carbonyl (C=O) groups excluding carboxylic acids is 2. The van der Waals surface area contributed by atoms with Crippen LogP contribution in [0.25, 0.3) is 11.3 Å². The number of hydrogen-bond donors (Lipinski definition) is 3. The van der Waals surface area contributed by atoms with Crippen molar-refractivity contribution in [1.82, 2.24) is 15.8 Å². The van der Waals surface area contributed by atoms with Crippen LogP contribution in [-0.2, 0) is 16.0 Å². The number of aromatic nitrogens is 1. The average molecular weight is 424 g/mol. The minimum Gasteiger partial charge on any atom is -0.497 e. The highest BCUT2D eigenvalue weighted by Crippen LogP contribution is 2.24. The number of aryl methyl sites for hydroxylation is 1. The lowest BCUT2D eigenvalue weighted by atomic mass is 10.2. The Morgan fingerprint density at radius 1 is 0.968 bits per heavy atom. The maximum atomic E-state index is 12.0.